The number of aromatic amines is 1. The Morgan fingerprint density at radius 3 is 2.55 bits per heavy atom. The van der Waals surface area contributed by atoms with Crippen LogP contribution in [0.25, 0.3) is 21.8 Å². The minimum atomic E-state index is -4.52. The largest absolute Gasteiger partial charge is 0.416 e. The number of aromatic nitrogens is 2. The third kappa shape index (κ3) is 4.33. The second-order valence-corrected chi connectivity index (χ2v) is 7.66. The van der Waals surface area contributed by atoms with Gasteiger partial charge in [0, 0.05) is 0 Å². The minimum absolute atomic E-state index is 0.0341. The van der Waals surface area contributed by atoms with Crippen LogP contribution in [0, 0.1) is 0 Å². The summed E-state index contributed by atoms with van der Waals surface area (Å²) in [6.45, 7) is 0. The molecule has 1 amide bonds. The maximum atomic E-state index is 12.8. The van der Waals surface area contributed by atoms with Crippen molar-refractivity contribution in [2.45, 2.75) is 11.3 Å². The number of hydrogen-bond donors (Lipinski definition) is 2. The van der Waals surface area contributed by atoms with Crippen LogP contribution in [0.4, 0.5) is 18.9 Å². The highest BCUT2D eigenvalue weighted by molar-refractivity contribution is 7.99. The van der Waals surface area contributed by atoms with Crippen LogP contribution in [-0.4, -0.2) is 21.6 Å². The fourth-order valence-electron chi connectivity index (χ4n) is 2.86. The molecule has 0 bridgehead atoms. The first-order valence-electron chi connectivity index (χ1n) is 8.47. The molecule has 0 radical (unpaired) electrons. The number of halogens is 4. The van der Waals surface area contributed by atoms with Crippen LogP contribution in [0.5, 0.6) is 0 Å². The maximum Gasteiger partial charge on any atom is 0.416 e. The van der Waals surface area contributed by atoms with Gasteiger partial charge in [0.05, 0.1) is 33.1 Å². The lowest BCUT2D eigenvalue weighted by Gasteiger charge is -2.11. The van der Waals surface area contributed by atoms with E-state index in [0.29, 0.717) is 5.16 Å². The number of carbonyl (C=O) groups excluding carboxylic acids is 1. The van der Waals surface area contributed by atoms with Gasteiger partial charge in [0.2, 0.25) is 5.91 Å². The van der Waals surface area contributed by atoms with E-state index in [2.05, 4.69) is 15.3 Å². The third-order valence-electron chi connectivity index (χ3n) is 4.24. The number of amides is 1. The summed E-state index contributed by atoms with van der Waals surface area (Å²) in [5.41, 5.74) is 0.650. The monoisotopic (exact) mass is 435 g/mol. The lowest BCUT2D eigenvalue weighted by Crippen LogP contribution is -2.15. The lowest BCUT2D eigenvalue weighted by atomic mass is 10.1. The molecule has 3 aromatic carbocycles. The van der Waals surface area contributed by atoms with Crippen molar-refractivity contribution in [3.8, 4) is 0 Å². The van der Waals surface area contributed by atoms with Crippen molar-refractivity contribution in [1.82, 2.24) is 9.97 Å². The molecule has 0 fully saturated rings. The van der Waals surface area contributed by atoms with E-state index < -0.39 is 17.6 Å². The third-order valence-corrected chi connectivity index (χ3v) is 5.44. The van der Waals surface area contributed by atoms with Crippen molar-refractivity contribution in [3.63, 3.8) is 0 Å². The number of H-pyrrole nitrogens is 1. The number of fused-ring (bicyclic) bond motifs is 2. The van der Waals surface area contributed by atoms with Crippen LogP contribution >= 0.6 is 23.4 Å². The van der Waals surface area contributed by atoms with Crippen LogP contribution in [0.2, 0.25) is 5.02 Å². The van der Waals surface area contributed by atoms with Crippen LogP contribution in [0.1, 0.15) is 5.56 Å². The second-order valence-electron chi connectivity index (χ2n) is 6.29. The predicted molar refractivity (Wildman–Crippen MR) is 109 cm³/mol. The van der Waals surface area contributed by atoms with E-state index >= 15 is 0 Å². The van der Waals surface area contributed by atoms with Crippen molar-refractivity contribution in [1.29, 1.82) is 0 Å². The molecule has 0 saturated carbocycles. The van der Waals surface area contributed by atoms with E-state index in [0.717, 1.165) is 51.8 Å². The average Bonchev–Trinajstić information content (AvgIpc) is 3.07. The summed E-state index contributed by atoms with van der Waals surface area (Å²) < 4.78 is 38.5. The number of nitrogens with zero attached hydrogens (tertiary/aromatic N) is 1. The van der Waals surface area contributed by atoms with E-state index in [1.54, 1.807) is 0 Å². The zero-order valence-corrected chi connectivity index (χ0v) is 16.3. The molecule has 0 atom stereocenters. The van der Waals surface area contributed by atoms with Gasteiger partial charge >= 0.3 is 6.18 Å². The molecule has 0 aliphatic heterocycles. The molecule has 0 saturated heterocycles. The first-order valence-corrected chi connectivity index (χ1v) is 9.84. The summed E-state index contributed by atoms with van der Waals surface area (Å²) in [4.78, 5) is 19.8. The van der Waals surface area contributed by atoms with Gasteiger partial charge in [0.25, 0.3) is 0 Å². The number of alkyl halides is 3. The highest BCUT2D eigenvalue weighted by atomic mass is 35.5. The Kier molecular flexibility index (Phi) is 5.14. The molecule has 4 nitrogen and oxygen atoms in total. The van der Waals surface area contributed by atoms with Crippen molar-refractivity contribution in [2.24, 2.45) is 0 Å². The number of hydrogen-bond acceptors (Lipinski definition) is 3. The molecule has 0 spiro atoms. The fraction of sp³-hybridized carbons (Fsp3) is 0.100. The van der Waals surface area contributed by atoms with Gasteiger partial charge in [0.1, 0.15) is 0 Å². The smallest absolute Gasteiger partial charge is 0.333 e. The highest BCUT2D eigenvalue weighted by Crippen LogP contribution is 2.34. The number of nitrogens with one attached hydrogen (secondary N) is 2. The molecule has 4 aromatic rings. The molecule has 0 aliphatic rings. The molecule has 1 heterocycles. The summed E-state index contributed by atoms with van der Waals surface area (Å²) in [6, 6.07) is 14.6. The Labute approximate surface area is 172 Å². The molecule has 29 heavy (non-hydrogen) atoms. The number of anilines is 1. The zero-order chi connectivity index (χ0) is 20.6. The van der Waals surface area contributed by atoms with Gasteiger partial charge < -0.3 is 10.3 Å². The number of thioether (sulfide) groups is 1. The van der Waals surface area contributed by atoms with Gasteiger partial charge in [-0.05, 0) is 41.1 Å². The second kappa shape index (κ2) is 7.61. The van der Waals surface area contributed by atoms with Crippen molar-refractivity contribution in [3.05, 3.63) is 65.2 Å². The molecule has 9 heteroatoms. The molecular formula is C20H13ClF3N3OS. The quantitative estimate of drug-likeness (QED) is 0.380. The molecular weight excluding hydrogens is 423 g/mol. The first-order chi connectivity index (χ1) is 13.8. The van der Waals surface area contributed by atoms with Gasteiger partial charge in [0.15, 0.2) is 5.16 Å². The first kappa shape index (κ1) is 19.6. The fourth-order valence-corrected chi connectivity index (χ4v) is 3.71. The van der Waals surface area contributed by atoms with Gasteiger partial charge in [-0.2, -0.15) is 13.2 Å². The summed E-state index contributed by atoms with van der Waals surface area (Å²) in [5, 5.41) is 5.12. The van der Waals surface area contributed by atoms with E-state index in [-0.39, 0.29) is 16.5 Å². The number of carbonyl (C=O) groups is 1. The summed E-state index contributed by atoms with van der Waals surface area (Å²) in [7, 11) is 0. The predicted octanol–water partition coefficient (Wildman–Crippen LogP) is 6.12. The molecule has 148 valence electrons. The average molecular weight is 436 g/mol. The van der Waals surface area contributed by atoms with Gasteiger partial charge in [-0.15, -0.1) is 0 Å². The SMILES string of the molecule is O=C(CSc1nc2cc3ccccc3cc2[nH]1)Nc1cc(C(F)(F)F)ccc1Cl. The van der Waals surface area contributed by atoms with Crippen LogP contribution in [-0.2, 0) is 11.0 Å². The zero-order valence-electron chi connectivity index (χ0n) is 14.7. The summed E-state index contributed by atoms with van der Waals surface area (Å²) in [6.07, 6.45) is -4.52. The Bertz CT molecular complexity index is 1170. The Balaban J connectivity index is 1.46. The highest BCUT2D eigenvalue weighted by Gasteiger charge is 2.31. The molecule has 4 rings (SSSR count). The Hall–Kier alpha value is -2.71. The molecule has 0 unspecified atom stereocenters. The van der Waals surface area contributed by atoms with Gasteiger partial charge in [-0.1, -0.05) is 47.6 Å². The Morgan fingerprint density at radius 2 is 1.83 bits per heavy atom. The van der Waals surface area contributed by atoms with Crippen LogP contribution < -0.4 is 5.32 Å². The van der Waals surface area contributed by atoms with Crippen molar-refractivity contribution >= 4 is 56.8 Å². The normalized spacial score (nSPS) is 11.9. The number of imidazole rings is 1. The molecule has 0 aliphatic carbocycles. The summed E-state index contributed by atoms with van der Waals surface area (Å²) in [5.74, 6) is -0.520. The van der Waals surface area contributed by atoms with Gasteiger partial charge in [-0.25, -0.2) is 4.98 Å². The minimum Gasteiger partial charge on any atom is -0.333 e. The molecule has 2 N–H and O–H groups in total. The van der Waals surface area contributed by atoms with Gasteiger partial charge in [-0.3, -0.25) is 4.79 Å². The topological polar surface area (TPSA) is 57.8 Å². The van der Waals surface area contributed by atoms with Crippen LogP contribution in [0.15, 0.2) is 59.8 Å². The number of benzene rings is 3. The van der Waals surface area contributed by atoms with Crippen molar-refractivity contribution in [2.75, 3.05) is 11.1 Å². The number of rotatable bonds is 4. The van der Waals surface area contributed by atoms with E-state index in [9.17, 15) is 18.0 Å². The Morgan fingerprint density at radius 1 is 1.10 bits per heavy atom. The van der Waals surface area contributed by atoms with Crippen molar-refractivity contribution < 1.29 is 18.0 Å². The van der Waals surface area contributed by atoms with E-state index in [1.165, 1.54) is 0 Å². The van der Waals surface area contributed by atoms with E-state index in [1.807, 2.05) is 36.4 Å². The molecule has 1 aromatic heterocycles. The van der Waals surface area contributed by atoms with E-state index in [4.69, 9.17) is 11.6 Å². The maximum absolute atomic E-state index is 12.8. The standard InChI is InChI=1S/C20H13ClF3N3OS/c21-14-6-5-13(20(22,23)24)9-15(14)25-18(28)10-29-19-26-16-7-11-3-1-2-4-12(11)8-17(16)27-19/h1-9H,10H2,(H,25,28)(H,26,27). The lowest BCUT2D eigenvalue weighted by molar-refractivity contribution is -0.137. The summed E-state index contributed by atoms with van der Waals surface area (Å²) >= 11 is 7.06. The van der Waals surface area contributed by atoms with Crippen LogP contribution in [0.3, 0.4) is 0 Å².